The topological polar surface area (TPSA) is 38.0 Å². The molecule has 1 aromatic carbocycles. The third-order valence-corrected chi connectivity index (χ3v) is 3.12. The first kappa shape index (κ1) is 14.1. The number of hydrazine groups is 1. The van der Waals surface area contributed by atoms with E-state index < -0.39 is 11.6 Å². The minimum atomic E-state index is -0.804. The summed E-state index contributed by atoms with van der Waals surface area (Å²) in [5, 5.41) is 0. The highest BCUT2D eigenvalue weighted by molar-refractivity contribution is 5.20. The number of halogens is 2. The first-order chi connectivity index (χ1) is 8.08. The fraction of sp³-hybridized carbons (Fsp3) is 0.538. The molecule has 4 heteroatoms. The number of hydrogen-bond donors (Lipinski definition) is 2. The second kappa shape index (κ2) is 6.67. The monoisotopic (exact) mass is 242 g/mol. The molecule has 2 unspecified atom stereocenters. The SMILES string of the molecule is CCC(C)CC(Cc1cccc(F)c1F)NN. The highest BCUT2D eigenvalue weighted by Crippen LogP contribution is 2.17. The van der Waals surface area contributed by atoms with Crippen molar-refractivity contribution in [1.29, 1.82) is 0 Å². The van der Waals surface area contributed by atoms with E-state index in [2.05, 4.69) is 19.3 Å². The zero-order chi connectivity index (χ0) is 12.8. The molecule has 3 N–H and O–H groups in total. The molecule has 17 heavy (non-hydrogen) atoms. The number of nitrogens with one attached hydrogen (secondary N) is 1. The zero-order valence-electron chi connectivity index (χ0n) is 10.3. The fourth-order valence-corrected chi connectivity index (χ4v) is 1.83. The van der Waals surface area contributed by atoms with E-state index >= 15 is 0 Å². The predicted molar refractivity (Wildman–Crippen MR) is 65.2 cm³/mol. The number of hydrogen-bond acceptors (Lipinski definition) is 2. The van der Waals surface area contributed by atoms with Crippen LogP contribution in [0.3, 0.4) is 0 Å². The maximum atomic E-state index is 13.5. The summed E-state index contributed by atoms with van der Waals surface area (Å²) in [6.45, 7) is 4.22. The molecule has 1 aromatic rings. The van der Waals surface area contributed by atoms with Gasteiger partial charge in [-0.25, -0.2) is 8.78 Å². The molecule has 0 bridgehead atoms. The Balaban J connectivity index is 2.70. The smallest absolute Gasteiger partial charge is 0.162 e. The van der Waals surface area contributed by atoms with Crippen LogP contribution in [-0.4, -0.2) is 6.04 Å². The van der Waals surface area contributed by atoms with E-state index in [1.165, 1.54) is 6.07 Å². The summed E-state index contributed by atoms with van der Waals surface area (Å²) in [5.41, 5.74) is 3.04. The standard InChI is InChI=1S/C13H20F2N2/c1-3-9(2)7-11(17-16)8-10-5-4-6-12(14)13(10)15/h4-6,9,11,17H,3,7-8,16H2,1-2H3. The van der Waals surface area contributed by atoms with Gasteiger partial charge in [0.05, 0.1) is 0 Å². The first-order valence-corrected chi connectivity index (χ1v) is 5.97. The van der Waals surface area contributed by atoms with Gasteiger partial charge in [-0.3, -0.25) is 11.3 Å². The zero-order valence-corrected chi connectivity index (χ0v) is 10.3. The highest BCUT2D eigenvalue weighted by atomic mass is 19.2. The normalized spacial score (nSPS) is 14.6. The molecular formula is C13H20F2N2. The van der Waals surface area contributed by atoms with Crippen LogP contribution >= 0.6 is 0 Å². The van der Waals surface area contributed by atoms with Gasteiger partial charge >= 0.3 is 0 Å². The lowest BCUT2D eigenvalue weighted by molar-refractivity contribution is 0.390. The molecule has 1 rings (SSSR count). The van der Waals surface area contributed by atoms with Crippen LogP contribution in [0.15, 0.2) is 18.2 Å². The molecular weight excluding hydrogens is 222 g/mol. The van der Waals surface area contributed by atoms with Gasteiger partial charge in [0.15, 0.2) is 11.6 Å². The van der Waals surface area contributed by atoms with Crippen LogP contribution in [0.2, 0.25) is 0 Å². The van der Waals surface area contributed by atoms with Crippen molar-refractivity contribution in [3.63, 3.8) is 0 Å². The van der Waals surface area contributed by atoms with Crippen LogP contribution in [0.25, 0.3) is 0 Å². The molecule has 96 valence electrons. The Kier molecular flexibility index (Phi) is 5.51. The Morgan fingerprint density at radius 3 is 2.65 bits per heavy atom. The van der Waals surface area contributed by atoms with E-state index in [0.717, 1.165) is 18.9 Å². The Bertz CT molecular complexity index is 355. The average Bonchev–Trinajstić information content (AvgIpc) is 2.33. The molecule has 0 aromatic heterocycles. The van der Waals surface area contributed by atoms with Gasteiger partial charge in [0.1, 0.15) is 0 Å². The summed E-state index contributed by atoms with van der Waals surface area (Å²) < 4.78 is 26.5. The molecule has 0 aliphatic rings. The van der Waals surface area contributed by atoms with Crippen LogP contribution in [0.1, 0.15) is 32.3 Å². The van der Waals surface area contributed by atoms with Gasteiger partial charge in [-0.2, -0.15) is 0 Å². The van der Waals surface area contributed by atoms with Crippen molar-refractivity contribution < 1.29 is 8.78 Å². The molecule has 0 aliphatic carbocycles. The lowest BCUT2D eigenvalue weighted by Gasteiger charge is -2.19. The molecule has 0 radical (unpaired) electrons. The average molecular weight is 242 g/mol. The second-order valence-electron chi connectivity index (χ2n) is 4.53. The van der Waals surface area contributed by atoms with Crippen LogP contribution < -0.4 is 11.3 Å². The van der Waals surface area contributed by atoms with Gasteiger partial charge in [0.25, 0.3) is 0 Å². The first-order valence-electron chi connectivity index (χ1n) is 5.97. The fourth-order valence-electron chi connectivity index (χ4n) is 1.83. The Morgan fingerprint density at radius 2 is 2.06 bits per heavy atom. The summed E-state index contributed by atoms with van der Waals surface area (Å²) in [4.78, 5) is 0. The van der Waals surface area contributed by atoms with Crippen molar-refractivity contribution in [3.05, 3.63) is 35.4 Å². The van der Waals surface area contributed by atoms with Gasteiger partial charge in [-0.15, -0.1) is 0 Å². The third-order valence-electron chi connectivity index (χ3n) is 3.12. The number of nitrogens with two attached hydrogens (primary N) is 1. The van der Waals surface area contributed by atoms with Crippen LogP contribution in [-0.2, 0) is 6.42 Å². The largest absolute Gasteiger partial charge is 0.271 e. The quantitative estimate of drug-likeness (QED) is 0.594. The van der Waals surface area contributed by atoms with E-state index in [0.29, 0.717) is 17.9 Å². The summed E-state index contributed by atoms with van der Waals surface area (Å²) in [7, 11) is 0. The maximum Gasteiger partial charge on any atom is 0.162 e. The molecule has 2 nitrogen and oxygen atoms in total. The van der Waals surface area contributed by atoms with Crippen molar-refractivity contribution >= 4 is 0 Å². The van der Waals surface area contributed by atoms with Crippen molar-refractivity contribution in [2.45, 2.75) is 39.2 Å². The molecule has 2 atom stereocenters. The summed E-state index contributed by atoms with van der Waals surface area (Å²) in [6.07, 6.45) is 2.30. The number of rotatable bonds is 6. The molecule has 0 amide bonds. The van der Waals surface area contributed by atoms with Gasteiger partial charge in [-0.1, -0.05) is 32.4 Å². The minimum absolute atomic E-state index is 0.0266. The van der Waals surface area contributed by atoms with Gasteiger partial charge in [0.2, 0.25) is 0 Å². The summed E-state index contributed by atoms with van der Waals surface area (Å²) in [6, 6.07) is 4.21. The molecule has 0 fully saturated rings. The van der Waals surface area contributed by atoms with Crippen LogP contribution in [0.5, 0.6) is 0 Å². The second-order valence-corrected chi connectivity index (χ2v) is 4.53. The lowest BCUT2D eigenvalue weighted by atomic mass is 9.95. The van der Waals surface area contributed by atoms with E-state index in [1.807, 2.05) is 0 Å². The summed E-state index contributed by atoms with van der Waals surface area (Å²) >= 11 is 0. The number of benzene rings is 1. The van der Waals surface area contributed by atoms with E-state index in [9.17, 15) is 8.78 Å². The lowest BCUT2D eigenvalue weighted by Crippen LogP contribution is -2.38. The predicted octanol–water partition coefficient (Wildman–Crippen LogP) is 2.78. The maximum absolute atomic E-state index is 13.5. The summed E-state index contributed by atoms with van der Waals surface area (Å²) in [5.74, 6) is 4.38. The Hall–Kier alpha value is -1.00. The van der Waals surface area contributed by atoms with E-state index in [-0.39, 0.29) is 6.04 Å². The van der Waals surface area contributed by atoms with Crippen LogP contribution in [0.4, 0.5) is 8.78 Å². The highest BCUT2D eigenvalue weighted by Gasteiger charge is 2.15. The van der Waals surface area contributed by atoms with Crippen molar-refractivity contribution in [2.24, 2.45) is 11.8 Å². The minimum Gasteiger partial charge on any atom is -0.271 e. The molecule has 0 heterocycles. The van der Waals surface area contributed by atoms with Crippen molar-refractivity contribution in [1.82, 2.24) is 5.43 Å². The van der Waals surface area contributed by atoms with Crippen molar-refractivity contribution in [3.8, 4) is 0 Å². The van der Waals surface area contributed by atoms with Crippen molar-refractivity contribution in [2.75, 3.05) is 0 Å². The van der Waals surface area contributed by atoms with Gasteiger partial charge < -0.3 is 0 Å². The molecule has 0 saturated heterocycles. The van der Waals surface area contributed by atoms with E-state index in [1.54, 1.807) is 6.07 Å². The Labute approximate surface area is 101 Å². The molecule has 0 saturated carbocycles. The van der Waals surface area contributed by atoms with Gasteiger partial charge in [0, 0.05) is 6.04 Å². The van der Waals surface area contributed by atoms with E-state index in [4.69, 9.17) is 5.84 Å². The third kappa shape index (κ3) is 4.06. The van der Waals surface area contributed by atoms with Gasteiger partial charge in [-0.05, 0) is 30.4 Å². The van der Waals surface area contributed by atoms with Crippen LogP contribution in [0, 0.1) is 17.6 Å². The molecule has 0 spiro atoms. The molecule has 0 aliphatic heterocycles. The Morgan fingerprint density at radius 1 is 1.35 bits per heavy atom.